The van der Waals surface area contributed by atoms with Crippen molar-refractivity contribution in [2.75, 3.05) is 33.3 Å². The van der Waals surface area contributed by atoms with E-state index in [-0.39, 0.29) is 47.1 Å². The van der Waals surface area contributed by atoms with E-state index in [4.69, 9.17) is 5.11 Å². The third-order valence-electron chi connectivity index (χ3n) is 8.41. The van der Waals surface area contributed by atoms with Crippen molar-refractivity contribution in [3.63, 3.8) is 0 Å². The molecule has 0 unspecified atom stereocenters. The number of methoxy groups -OCH3 is 1. The third-order valence-corrected chi connectivity index (χ3v) is 8.41. The van der Waals surface area contributed by atoms with Gasteiger partial charge in [-0.2, -0.15) is 26.3 Å². The van der Waals surface area contributed by atoms with Crippen LogP contribution in [0.25, 0.3) is 35.2 Å². The van der Waals surface area contributed by atoms with Gasteiger partial charge in [0.25, 0.3) is 0 Å². The number of alkyl halides is 8. The quantitative estimate of drug-likeness (QED) is 0.117. The second-order valence-corrected chi connectivity index (χ2v) is 13.0. The topological polar surface area (TPSA) is 196 Å². The summed E-state index contributed by atoms with van der Waals surface area (Å²) in [6.07, 6.45) is -2.03. The number of carbonyl (C=O) groups is 4. The number of esters is 1. The normalized spacial score (nSPS) is 15.6. The zero-order valence-electron chi connectivity index (χ0n) is 31.3. The van der Waals surface area contributed by atoms with Crippen molar-refractivity contribution in [1.29, 1.82) is 0 Å². The maximum absolute atomic E-state index is 14.0. The maximum Gasteiger partial charge on any atom is 1.00 e. The van der Waals surface area contributed by atoms with Crippen molar-refractivity contribution in [3.05, 3.63) is 83.5 Å². The molecule has 4 aromatic rings. The fourth-order valence-electron chi connectivity index (χ4n) is 5.48. The summed E-state index contributed by atoms with van der Waals surface area (Å²) in [5.74, 6) is -3.77. The smallest absolute Gasteiger partial charge is 0.870 e. The number of likely N-dealkylation sites (tertiary alicyclic amines) is 2. The Bertz CT molecular complexity index is 2260. The Morgan fingerprint density at radius 1 is 0.695 bits per heavy atom. The largest absolute Gasteiger partial charge is 1.00 e. The van der Waals surface area contributed by atoms with E-state index < -0.39 is 84.7 Å². The second-order valence-electron chi connectivity index (χ2n) is 13.0. The minimum absolute atomic E-state index is 0. The first kappa shape index (κ1) is 47.5. The number of rotatable bonds is 8. The Labute approximate surface area is 340 Å². The van der Waals surface area contributed by atoms with Crippen molar-refractivity contribution in [1.82, 2.24) is 39.3 Å². The van der Waals surface area contributed by atoms with Gasteiger partial charge in [0.1, 0.15) is 12.7 Å². The molecule has 0 bridgehead atoms. The van der Waals surface area contributed by atoms with Crippen molar-refractivity contribution in [2.45, 2.75) is 37.5 Å². The number of benzene rings is 2. The van der Waals surface area contributed by atoms with Crippen LogP contribution in [0.15, 0.2) is 61.2 Å². The summed E-state index contributed by atoms with van der Waals surface area (Å²) < 4.78 is 112. The number of halogens is 8. The van der Waals surface area contributed by atoms with E-state index in [1.54, 1.807) is 0 Å². The van der Waals surface area contributed by atoms with Crippen LogP contribution in [0.1, 0.15) is 22.3 Å². The van der Waals surface area contributed by atoms with Crippen LogP contribution in [0.4, 0.5) is 35.1 Å². The number of ether oxygens (including phenoxy) is 1. The van der Waals surface area contributed by atoms with E-state index in [2.05, 4.69) is 24.9 Å². The van der Waals surface area contributed by atoms with Gasteiger partial charge in [-0.25, -0.2) is 37.7 Å². The van der Waals surface area contributed by atoms with Crippen molar-refractivity contribution < 1.29 is 88.5 Å². The summed E-state index contributed by atoms with van der Waals surface area (Å²) in [6.45, 7) is 1.09. The molecular weight excluding hydrogens is 803 g/mol. The first-order valence-corrected chi connectivity index (χ1v) is 16.3. The number of aryl methyl sites for hydroxylation is 2. The van der Waals surface area contributed by atoms with Gasteiger partial charge < -0.3 is 25.1 Å². The van der Waals surface area contributed by atoms with Gasteiger partial charge in [-0.1, -0.05) is 0 Å². The van der Waals surface area contributed by atoms with Crippen LogP contribution in [0.5, 0.6) is 0 Å². The van der Waals surface area contributed by atoms with Gasteiger partial charge in [0.05, 0.1) is 44.4 Å². The van der Waals surface area contributed by atoms with E-state index in [9.17, 15) is 54.3 Å². The molecule has 310 valence electrons. The van der Waals surface area contributed by atoms with Crippen LogP contribution >= 0.6 is 0 Å². The van der Waals surface area contributed by atoms with Gasteiger partial charge in [-0.15, -0.1) is 10.2 Å². The van der Waals surface area contributed by atoms with Gasteiger partial charge in [0.15, 0.2) is 11.6 Å². The van der Waals surface area contributed by atoms with E-state index in [1.165, 1.54) is 51.0 Å². The molecule has 0 radical (unpaired) electrons. The molecule has 2 aromatic carbocycles. The molecule has 0 spiro atoms. The predicted molar refractivity (Wildman–Crippen MR) is 183 cm³/mol. The van der Waals surface area contributed by atoms with Crippen LogP contribution in [0.3, 0.4) is 0 Å². The molecule has 6 rings (SSSR count). The van der Waals surface area contributed by atoms with Gasteiger partial charge in [0.2, 0.25) is 23.2 Å². The Morgan fingerprint density at radius 3 is 1.41 bits per heavy atom. The fraction of sp³-hybridized carbons (Fsp3) is 0.314. The molecular formula is C35H31F8LiN8O7. The van der Waals surface area contributed by atoms with Crippen molar-refractivity contribution in [2.24, 2.45) is 0 Å². The Balaban J connectivity index is 0.000000305. The minimum Gasteiger partial charge on any atom is -0.870 e. The van der Waals surface area contributed by atoms with Crippen LogP contribution in [-0.4, -0.2) is 118 Å². The third kappa shape index (κ3) is 11.2. The van der Waals surface area contributed by atoms with Crippen molar-refractivity contribution in [3.8, 4) is 22.8 Å². The fourth-order valence-corrected chi connectivity index (χ4v) is 5.48. The monoisotopic (exact) mass is 834 g/mol. The summed E-state index contributed by atoms with van der Waals surface area (Å²) in [6, 6.07) is 6.90. The Morgan fingerprint density at radius 2 is 1.07 bits per heavy atom. The second kappa shape index (κ2) is 17.9. The van der Waals surface area contributed by atoms with Crippen LogP contribution in [0, 0.1) is 13.8 Å². The summed E-state index contributed by atoms with van der Waals surface area (Å²) in [5.41, 5.74) is -5.15. The first-order chi connectivity index (χ1) is 26.5. The first-order valence-electron chi connectivity index (χ1n) is 16.3. The zero-order chi connectivity index (χ0) is 42.1. The number of hydrogen-bond donors (Lipinski definition) is 1. The van der Waals surface area contributed by atoms with Crippen molar-refractivity contribution >= 4 is 36.2 Å². The number of carboxylic acids is 1. The molecule has 24 heteroatoms. The molecule has 4 heterocycles. The number of nitrogens with zero attached hydrogens (tertiary/aromatic N) is 8. The molecule has 2 aromatic heterocycles. The van der Waals surface area contributed by atoms with Crippen LogP contribution in [0.2, 0.25) is 0 Å². The van der Waals surface area contributed by atoms with Gasteiger partial charge >= 0.3 is 43.2 Å². The molecule has 2 amide bonds. The number of aliphatic carboxylic acids is 1. The summed E-state index contributed by atoms with van der Waals surface area (Å²) in [4.78, 5) is 55.8. The molecule has 0 saturated carbocycles. The number of carboxylic acid groups (broad SMARTS) is 1. The summed E-state index contributed by atoms with van der Waals surface area (Å²) >= 11 is 0. The van der Waals surface area contributed by atoms with E-state index >= 15 is 0 Å². The Kier molecular flexibility index (Phi) is 14.4. The Hall–Kier alpha value is -5.92. The molecule has 0 aliphatic carbocycles. The molecule has 15 nitrogen and oxygen atoms in total. The predicted octanol–water partition coefficient (Wildman–Crippen LogP) is 1.67. The van der Waals surface area contributed by atoms with Gasteiger partial charge in [0, 0.05) is 35.7 Å². The van der Waals surface area contributed by atoms with Crippen LogP contribution in [-0.2, 0) is 36.3 Å². The molecule has 59 heavy (non-hydrogen) atoms. The minimum atomic E-state index is -4.51. The van der Waals surface area contributed by atoms with E-state index in [1.807, 2.05) is 0 Å². The standard InChI is InChI=1S/C18H16F4N4O3.C17H14F4N4O3.Li.H2O/c1-11-5-12(7-13(6-11)18(20,21)22)15-23-10-26(24-15)4-3-14(27)25-8-17(19,9-25)16(28)29-2;1-10-4-11(6-12(5-10)17(19,20)21)14-22-9-25(23-14)3-2-13(26)24-7-16(18,8-24)15(27)28;;/h3-7,10H,8-9H2,1-2H3;2-6,9H,7-8H2,1H3,(H,27,28);;1H2/q;;+1;/p-1/b4-3-;3-2-;;. The SMILES string of the molecule is COC(=O)C1(F)CN(C(=O)/C=C\n2cnc(-c3cc(C)cc(C(F)(F)F)c3)n2)C1.Cc1cc(-c2ncn(/C=C\C(=O)N3CC(F)(C(=O)O)C3)n2)cc(C(F)(F)F)c1.[Li+].[OH-]. The maximum atomic E-state index is 14.0. The van der Waals surface area contributed by atoms with Crippen LogP contribution < -0.4 is 18.9 Å². The molecule has 2 aliphatic rings. The molecule has 2 N–H and O–H groups in total. The van der Waals surface area contributed by atoms with Gasteiger partial charge in [-0.3, -0.25) is 9.59 Å². The number of carbonyl (C=O) groups excluding carboxylic acids is 3. The molecule has 2 fully saturated rings. The molecule has 2 aliphatic heterocycles. The average molecular weight is 835 g/mol. The van der Waals surface area contributed by atoms with E-state index in [0.29, 0.717) is 11.1 Å². The van der Waals surface area contributed by atoms with E-state index in [0.717, 1.165) is 62.7 Å². The number of aromatic nitrogens is 6. The molecule has 0 atom stereocenters. The molecule has 2 saturated heterocycles. The zero-order valence-corrected chi connectivity index (χ0v) is 31.3. The summed E-state index contributed by atoms with van der Waals surface area (Å²) in [7, 11) is 1.06. The van der Waals surface area contributed by atoms with Gasteiger partial charge in [-0.05, 0) is 61.4 Å². The summed E-state index contributed by atoms with van der Waals surface area (Å²) in [5, 5.41) is 16.7. The average Bonchev–Trinajstić information content (AvgIpc) is 3.79. The number of hydrogen-bond acceptors (Lipinski definition) is 10. The number of amides is 2.